The van der Waals surface area contributed by atoms with Crippen LogP contribution in [0.15, 0.2) is 36.4 Å². The number of pyridine rings is 1. The van der Waals surface area contributed by atoms with E-state index in [1.54, 1.807) is 10.7 Å². The van der Waals surface area contributed by atoms with Gasteiger partial charge in [0.1, 0.15) is 11.4 Å². The molecule has 0 atom stereocenters. The number of amides is 1. The number of carbonyl (C=O) groups is 1. The molecule has 1 aliphatic carbocycles. The minimum absolute atomic E-state index is 0.0199. The van der Waals surface area contributed by atoms with E-state index in [1.807, 2.05) is 30.3 Å². The van der Waals surface area contributed by atoms with Crippen LogP contribution in [0.4, 0.5) is 0 Å². The lowest BCUT2D eigenvalue weighted by molar-refractivity contribution is 0.00604. The van der Waals surface area contributed by atoms with Crippen molar-refractivity contribution in [1.82, 2.24) is 28.7 Å². The monoisotopic (exact) mass is 638 g/mol. The van der Waals surface area contributed by atoms with Gasteiger partial charge in [-0.25, -0.2) is 14.4 Å². The fourth-order valence-corrected chi connectivity index (χ4v) is 7.96. The van der Waals surface area contributed by atoms with E-state index in [4.69, 9.17) is 24.3 Å². The summed E-state index contributed by atoms with van der Waals surface area (Å²) < 4.78 is 49.8. The predicted octanol–water partition coefficient (Wildman–Crippen LogP) is 3.26. The summed E-state index contributed by atoms with van der Waals surface area (Å²) in [5.41, 5.74) is 2.19. The molecule has 3 saturated heterocycles. The highest BCUT2D eigenvalue weighted by Crippen LogP contribution is 2.42. The second-order valence-corrected chi connectivity index (χ2v) is 14.2. The van der Waals surface area contributed by atoms with Crippen molar-refractivity contribution in [2.24, 2.45) is 5.92 Å². The third-order valence-electron chi connectivity index (χ3n) is 9.72. The molecule has 13 heteroatoms. The highest BCUT2D eigenvalue weighted by molar-refractivity contribution is 7.87. The number of piperidine rings is 1. The lowest BCUT2D eigenvalue weighted by Crippen LogP contribution is -2.52. The summed E-state index contributed by atoms with van der Waals surface area (Å²) in [5.74, 6) is 0.347. The van der Waals surface area contributed by atoms with Crippen LogP contribution in [0.1, 0.15) is 67.0 Å². The predicted molar refractivity (Wildman–Crippen MR) is 168 cm³/mol. The number of ether oxygens (including phenoxy) is 3. The second-order valence-electron chi connectivity index (χ2n) is 12.5. The maximum Gasteiger partial charge on any atom is 0.304 e. The number of hydrogen-bond donors (Lipinski definition) is 1. The number of rotatable bonds is 9. The number of aromatic nitrogens is 3. The van der Waals surface area contributed by atoms with Gasteiger partial charge in [-0.15, -0.1) is 0 Å². The molecule has 12 nitrogen and oxygen atoms in total. The molecule has 45 heavy (non-hydrogen) atoms. The zero-order valence-electron chi connectivity index (χ0n) is 25.6. The maximum atomic E-state index is 13.7. The van der Waals surface area contributed by atoms with Gasteiger partial charge < -0.3 is 14.2 Å². The molecule has 1 amide bonds. The molecular formula is C32H42N6O6S. The zero-order chi connectivity index (χ0) is 30.8. The Morgan fingerprint density at radius 1 is 0.933 bits per heavy atom. The molecule has 242 valence electrons. The Labute approximate surface area is 264 Å². The van der Waals surface area contributed by atoms with Crippen LogP contribution in [0.3, 0.4) is 0 Å². The summed E-state index contributed by atoms with van der Waals surface area (Å²) in [6.45, 7) is 5.72. The SMILES string of the molecule is O=C(NS(=O)(=O)N1CCC(N2CCOCC2)CC1)c1cc(OCC2CCOCC2)c2c(C3CCC3)nn(-c3ccccc3)c2n1. The van der Waals surface area contributed by atoms with Crippen LogP contribution >= 0.6 is 0 Å². The first-order valence-corrected chi connectivity index (χ1v) is 17.7. The van der Waals surface area contributed by atoms with Gasteiger partial charge in [0, 0.05) is 57.4 Å². The summed E-state index contributed by atoms with van der Waals surface area (Å²) in [5, 5.41) is 5.81. The highest BCUT2D eigenvalue weighted by atomic mass is 32.2. The van der Waals surface area contributed by atoms with Gasteiger partial charge in [-0.2, -0.15) is 17.8 Å². The molecule has 4 aliphatic rings. The first-order valence-electron chi connectivity index (χ1n) is 16.3. The average molecular weight is 639 g/mol. The minimum Gasteiger partial charge on any atom is -0.492 e. The fourth-order valence-electron chi connectivity index (χ4n) is 6.80. The zero-order valence-corrected chi connectivity index (χ0v) is 26.4. The molecule has 7 rings (SSSR count). The molecule has 0 unspecified atom stereocenters. The Balaban J connectivity index is 1.17. The Kier molecular flexibility index (Phi) is 9.05. The van der Waals surface area contributed by atoms with Crippen LogP contribution < -0.4 is 9.46 Å². The number of carbonyl (C=O) groups excluding carboxylic acids is 1. The molecule has 4 fully saturated rings. The Morgan fingerprint density at radius 3 is 2.33 bits per heavy atom. The van der Waals surface area contributed by atoms with Crippen LogP contribution in [0.5, 0.6) is 5.75 Å². The molecule has 0 bridgehead atoms. The number of nitrogens with one attached hydrogen (secondary N) is 1. The molecular weight excluding hydrogens is 596 g/mol. The van der Waals surface area contributed by atoms with Crippen molar-refractivity contribution in [1.29, 1.82) is 0 Å². The van der Waals surface area contributed by atoms with Gasteiger partial charge in [0.25, 0.3) is 5.91 Å². The number of morpholine rings is 1. The molecule has 1 aromatic carbocycles. The van der Waals surface area contributed by atoms with Crippen molar-refractivity contribution in [3.05, 3.63) is 47.8 Å². The molecule has 1 N–H and O–H groups in total. The number of hydrogen-bond acceptors (Lipinski definition) is 9. The van der Waals surface area contributed by atoms with E-state index in [1.165, 1.54) is 4.31 Å². The minimum atomic E-state index is -4.07. The van der Waals surface area contributed by atoms with E-state index in [9.17, 15) is 13.2 Å². The van der Waals surface area contributed by atoms with Crippen LogP contribution in [0.25, 0.3) is 16.7 Å². The normalized spacial score (nSPS) is 21.5. The first kappa shape index (κ1) is 30.5. The Hall–Kier alpha value is -3.10. The Morgan fingerprint density at radius 2 is 1.64 bits per heavy atom. The summed E-state index contributed by atoms with van der Waals surface area (Å²) in [7, 11) is -4.07. The lowest BCUT2D eigenvalue weighted by atomic mass is 9.82. The summed E-state index contributed by atoms with van der Waals surface area (Å²) in [4.78, 5) is 20.8. The second kappa shape index (κ2) is 13.3. The molecule has 0 radical (unpaired) electrons. The summed E-state index contributed by atoms with van der Waals surface area (Å²) >= 11 is 0. The number of para-hydroxylation sites is 1. The fraction of sp³-hybridized carbons (Fsp3) is 0.594. The molecule has 1 saturated carbocycles. The third-order valence-corrected chi connectivity index (χ3v) is 11.2. The van der Waals surface area contributed by atoms with Gasteiger partial charge in [0.05, 0.1) is 36.6 Å². The van der Waals surface area contributed by atoms with Gasteiger partial charge in [0.15, 0.2) is 5.65 Å². The number of nitrogens with zero attached hydrogens (tertiary/aromatic N) is 5. The van der Waals surface area contributed by atoms with E-state index < -0.39 is 16.1 Å². The van der Waals surface area contributed by atoms with Crippen molar-refractivity contribution >= 4 is 27.1 Å². The van der Waals surface area contributed by atoms with Crippen molar-refractivity contribution in [2.75, 3.05) is 59.2 Å². The maximum absolute atomic E-state index is 13.7. The molecule has 2 aromatic heterocycles. The van der Waals surface area contributed by atoms with E-state index in [2.05, 4.69) is 9.62 Å². The van der Waals surface area contributed by atoms with Crippen molar-refractivity contribution < 1.29 is 27.4 Å². The van der Waals surface area contributed by atoms with Crippen LogP contribution in [-0.4, -0.2) is 104 Å². The van der Waals surface area contributed by atoms with Gasteiger partial charge >= 0.3 is 10.2 Å². The van der Waals surface area contributed by atoms with Gasteiger partial charge in [-0.05, 0) is 56.6 Å². The van der Waals surface area contributed by atoms with Crippen molar-refractivity contribution in [3.63, 3.8) is 0 Å². The van der Waals surface area contributed by atoms with E-state index in [0.29, 0.717) is 82.3 Å². The molecule has 3 aromatic rings. The highest BCUT2D eigenvalue weighted by Gasteiger charge is 2.34. The third kappa shape index (κ3) is 6.59. The topological polar surface area (TPSA) is 128 Å². The largest absolute Gasteiger partial charge is 0.492 e. The first-order chi connectivity index (χ1) is 22.0. The molecule has 3 aliphatic heterocycles. The summed E-state index contributed by atoms with van der Waals surface area (Å²) in [6.07, 6.45) is 6.43. The van der Waals surface area contributed by atoms with Crippen LogP contribution in [0.2, 0.25) is 0 Å². The standard InChI is InChI=1S/C32H42N6O6S/c39-32(35-45(40,41)37-13-9-25(10-14-37)36-15-19-43-20-16-36)27-21-28(44-22-23-11-17-42-18-12-23)29-30(24-5-4-6-24)34-38(31(29)33-27)26-7-2-1-3-8-26/h1-3,7-8,21,23-25H,4-6,9-20,22H2,(H,35,39). The van der Waals surface area contributed by atoms with Crippen molar-refractivity contribution in [2.45, 2.75) is 56.9 Å². The van der Waals surface area contributed by atoms with E-state index >= 15 is 0 Å². The Bertz CT molecular complexity index is 1590. The average Bonchev–Trinajstić information content (AvgIpc) is 3.43. The number of fused-ring (bicyclic) bond motifs is 1. The summed E-state index contributed by atoms with van der Waals surface area (Å²) in [6, 6.07) is 11.6. The van der Waals surface area contributed by atoms with Crippen molar-refractivity contribution in [3.8, 4) is 11.4 Å². The van der Waals surface area contributed by atoms with Gasteiger partial charge in [-0.3, -0.25) is 9.69 Å². The van der Waals surface area contributed by atoms with Crippen LogP contribution in [0, 0.1) is 5.92 Å². The number of benzene rings is 1. The lowest BCUT2D eigenvalue weighted by Gasteiger charge is -2.39. The van der Waals surface area contributed by atoms with Gasteiger partial charge in [-0.1, -0.05) is 24.6 Å². The molecule has 0 spiro atoms. The quantitative estimate of drug-likeness (QED) is 0.376. The van der Waals surface area contributed by atoms with Gasteiger partial charge in [0.2, 0.25) is 0 Å². The smallest absolute Gasteiger partial charge is 0.304 e. The molecule has 5 heterocycles. The van der Waals surface area contributed by atoms with E-state index in [-0.39, 0.29) is 11.6 Å². The van der Waals surface area contributed by atoms with Crippen LogP contribution in [-0.2, 0) is 19.7 Å². The van der Waals surface area contributed by atoms with E-state index in [0.717, 1.165) is 62.0 Å².